The Balaban J connectivity index is 2.12. The van der Waals surface area contributed by atoms with Gasteiger partial charge >= 0.3 is 0 Å². The normalized spacial score (nSPS) is 33.0. The van der Waals surface area contributed by atoms with E-state index in [9.17, 15) is 0 Å². The predicted octanol–water partition coefficient (Wildman–Crippen LogP) is 0.963. The summed E-state index contributed by atoms with van der Waals surface area (Å²) in [5.74, 6) is 0. The molecule has 1 saturated heterocycles. The van der Waals surface area contributed by atoms with Crippen LogP contribution < -0.4 is 5.32 Å². The standard InChI is InChI=1S/C6H12N/c1-6-4-2-3-5-7-6/h3,6-7H,2,4-5H2,1H3/t6-/m0/s1. The van der Waals surface area contributed by atoms with Crippen LogP contribution in [0.5, 0.6) is 0 Å². The monoisotopic (exact) mass is 98.1 g/mol. The minimum atomic E-state index is 0.755. The van der Waals surface area contributed by atoms with Crippen LogP contribution in [-0.2, 0) is 0 Å². The van der Waals surface area contributed by atoms with Crippen LogP contribution in [0.2, 0.25) is 0 Å². The van der Waals surface area contributed by atoms with Gasteiger partial charge in [-0.3, -0.25) is 0 Å². The van der Waals surface area contributed by atoms with Gasteiger partial charge in [0.05, 0.1) is 0 Å². The lowest BCUT2D eigenvalue weighted by atomic mass is 10.1. The molecule has 1 aliphatic rings. The highest BCUT2D eigenvalue weighted by atomic mass is 14.9. The highest BCUT2D eigenvalue weighted by Gasteiger charge is 2.04. The molecule has 1 fully saturated rings. The smallest absolute Gasteiger partial charge is 0.00389 e. The molecule has 1 radical (unpaired) electrons. The van der Waals surface area contributed by atoms with Gasteiger partial charge in [-0.05, 0) is 32.7 Å². The van der Waals surface area contributed by atoms with E-state index in [0.717, 1.165) is 12.6 Å². The van der Waals surface area contributed by atoms with Crippen LogP contribution in [0.4, 0.5) is 0 Å². The second-order valence-corrected chi connectivity index (χ2v) is 2.18. The Labute approximate surface area is 45.1 Å². The fourth-order valence-corrected chi connectivity index (χ4v) is 0.856. The first-order valence-electron chi connectivity index (χ1n) is 2.94. The van der Waals surface area contributed by atoms with Crippen molar-refractivity contribution in [2.45, 2.75) is 25.8 Å². The summed E-state index contributed by atoms with van der Waals surface area (Å²) in [7, 11) is 0. The zero-order chi connectivity index (χ0) is 5.11. The Bertz CT molecular complexity index is 46.1. The summed E-state index contributed by atoms with van der Waals surface area (Å²) in [5, 5.41) is 3.33. The second kappa shape index (κ2) is 2.31. The number of hydrogen-bond acceptors (Lipinski definition) is 1. The molecule has 0 saturated carbocycles. The number of rotatable bonds is 0. The van der Waals surface area contributed by atoms with Gasteiger partial charge in [-0.15, -0.1) is 0 Å². The SMILES string of the molecule is C[C@H]1CC[CH]CN1. The Morgan fingerprint density at radius 3 is 2.86 bits per heavy atom. The van der Waals surface area contributed by atoms with Crippen LogP contribution in [0.3, 0.4) is 0 Å². The van der Waals surface area contributed by atoms with Crippen LogP contribution >= 0.6 is 0 Å². The highest BCUT2D eigenvalue weighted by molar-refractivity contribution is 4.78. The molecule has 1 aliphatic heterocycles. The summed E-state index contributed by atoms with van der Waals surface area (Å²) in [6.45, 7) is 3.34. The summed E-state index contributed by atoms with van der Waals surface area (Å²) in [5.41, 5.74) is 0. The lowest BCUT2D eigenvalue weighted by Gasteiger charge is -2.17. The average molecular weight is 98.2 g/mol. The van der Waals surface area contributed by atoms with Crippen molar-refractivity contribution in [3.63, 3.8) is 0 Å². The van der Waals surface area contributed by atoms with Crippen molar-refractivity contribution >= 4 is 0 Å². The predicted molar refractivity (Wildman–Crippen MR) is 31.0 cm³/mol. The van der Waals surface area contributed by atoms with E-state index < -0.39 is 0 Å². The molecule has 1 atom stereocenters. The third-order valence-electron chi connectivity index (χ3n) is 1.41. The van der Waals surface area contributed by atoms with Crippen LogP contribution in [0, 0.1) is 6.42 Å². The lowest BCUT2D eigenvalue weighted by Crippen LogP contribution is -2.31. The number of nitrogens with one attached hydrogen (secondary N) is 1. The maximum Gasteiger partial charge on any atom is 0.00389 e. The Kier molecular flexibility index (Phi) is 1.69. The van der Waals surface area contributed by atoms with Crippen molar-refractivity contribution in [3.8, 4) is 0 Å². The molecule has 0 aromatic heterocycles. The van der Waals surface area contributed by atoms with Crippen molar-refractivity contribution in [3.05, 3.63) is 6.42 Å². The third kappa shape index (κ3) is 1.48. The van der Waals surface area contributed by atoms with Crippen molar-refractivity contribution in [2.75, 3.05) is 6.54 Å². The van der Waals surface area contributed by atoms with E-state index >= 15 is 0 Å². The molecule has 1 heterocycles. The van der Waals surface area contributed by atoms with Crippen molar-refractivity contribution < 1.29 is 0 Å². The van der Waals surface area contributed by atoms with E-state index in [2.05, 4.69) is 18.7 Å². The number of piperidine rings is 1. The zero-order valence-electron chi connectivity index (χ0n) is 4.78. The number of hydrogen-bond donors (Lipinski definition) is 1. The Morgan fingerprint density at radius 1 is 1.71 bits per heavy atom. The molecule has 41 valence electrons. The fraction of sp³-hybridized carbons (Fsp3) is 0.833. The summed E-state index contributed by atoms with van der Waals surface area (Å²) in [6.07, 6.45) is 4.91. The fourth-order valence-electron chi connectivity index (χ4n) is 0.856. The minimum Gasteiger partial charge on any atom is -0.314 e. The molecule has 1 N–H and O–H groups in total. The van der Waals surface area contributed by atoms with Crippen LogP contribution in [0.15, 0.2) is 0 Å². The molecule has 0 unspecified atom stereocenters. The average Bonchev–Trinajstić information content (AvgIpc) is 1.69. The maximum absolute atomic E-state index is 3.33. The minimum absolute atomic E-state index is 0.755. The van der Waals surface area contributed by atoms with E-state index in [1.54, 1.807) is 0 Å². The maximum atomic E-state index is 3.33. The first kappa shape index (κ1) is 5.10. The molecule has 0 spiro atoms. The summed E-state index contributed by atoms with van der Waals surface area (Å²) < 4.78 is 0. The van der Waals surface area contributed by atoms with Gasteiger partial charge in [0.25, 0.3) is 0 Å². The molecule has 1 nitrogen and oxygen atoms in total. The van der Waals surface area contributed by atoms with Crippen LogP contribution in [0.25, 0.3) is 0 Å². The van der Waals surface area contributed by atoms with E-state index in [-0.39, 0.29) is 0 Å². The van der Waals surface area contributed by atoms with E-state index in [0.29, 0.717) is 0 Å². The van der Waals surface area contributed by atoms with Gasteiger partial charge in [0.1, 0.15) is 0 Å². The van der Waals surface area contributed by atoms with Gasteiger partial charge in [0, 0.05) is 6.04 Å². The Hall–Kier alpha value is -0.0400. The third-order valence-corrected chi connectivity index (χ3v) is 1.41. The zero-order valence-corrected chi connectivity index (χ0v) is 4.78. The molecule has 7 heavy (non-hydrogen) atoms. The lowest BCUT2D eigenvalue weighted by molar-refractivity contribution is 0.482. The van der Waals surface area contributed by atoms with Gasteiger partial charge in [-0.2, -0.15) is 0 Å². The summed E-state index contributed by atoms with van der Waals surface area (Å²) in [6, 6.07) is 0.755. The van der Waals surface area contributed by atoms with Crippen molar-refractivity contribution in [2.24, 2.45) is 0 Å². The summed E-state index contributed by atoms with van der Waals surface area (Å²) in [4.78, 5) is 0. The van der Waals surface area contributed by atoms with Gasteiger partial charge < -0.3 is 5.32 Å². The molecular weight excluding hydrogens is 86.1 g/mol. The van der Waals surface area contributed by atoms with E-state index in [1.807, 2.05) is 0 Å². The Morgan fingerprint density at radius 2 is 2.57 bits per heavy atom. The van der Waals surface area contributed by atoms with Crippen LogP contribution in [0.1, 0.15) is 19.8 Å². The molecule has 1 rings (SSSR count). The molecule has 0 amide bonds. The topological polar surface area (TPSA) is 12.0 Å². The van der Waals surface area contributed by atoms with E-state index in [1.165, 1.54) is 12.8 Å². The van der Waals surface area contributed by atoms with Gasteiger partial charge in [0.2, 0.25) is 0 Å². The first-order valence-corrected chi connectivity index (χ1v) is 2.94. The van der Waals surface area contributed by atoms with Crippen molar-refractivity contribution in [1.82, 2.24) is 5.32 Å². The van der Waals surface area contributed by atoms with Crippen LogP contribution in [-0.4, -0.2) is 12.6 Å². The molecule has 0 aromatic carbocycles. The van der Waals surface area contributed by atoms with Crippen molar-refractivity contribution in [1.29, 1.82) is 0 Å². The molecule has 0 bridgehead atoms. The highest BCUT2D eigenvalue weighted by Crippen LogP contribution is 2.03. The molecule has 1 heteroatoms. The summed E-state index contributed by atoms with van der Waals surface area (Å²) >= 11 is 0. The molecular formula is C6H12N. The van der Waals surface area contributed by atoms with Gasteiger partial charge in [-0.1, -0.05) is 0 Å². The van der Waals surface area contributed by atoms with E-state index in [4.69, 9.17) is 0 Å². The van der Waals surface area contributed by atoms with Gasteiger partial charge in [0.15, 0.2) is 0 Å². The first-order chi connectivity index (χ1) is 3.39. The molecule has 0 aromatic rings. The second-order valence-electron chi connectivity index (χ2n) is 2.18. The quantitative estimate of drug-likeness (QED) is 0.476. The largest absolute Gasteiger partial charge is 0.314 e. The molecule has 0 aliphatic carbocycles. The van der Waals surface area contributed by atoms with Gasteiger partial charge in [-0.25, -0.2) is 0 Å².